The molecule has 0 unspecified atom stereocenters. The molecule has 1 aliphatic carbocycles. The van der Waals surface area contributed by atoms with E-state index in [0.29, 0.717) is 56.0 Å². The van der Waals surface area contributed by atoms with Gasteiger partial charge >= 0.3 is 24.1 Å². The lowest BCUT2D eigenvalue weighted by atomic mass is 9.92. The molecule has 4 heterocycles. The number of aliphatic hydroxyl groups is 3. The average Bonchev–Trinajstić information content (AvgIpc) is 3.11. The Kier molecular flexibility index (Phi) is 10.9. The molecule has 0 bridgehead atoms. The second-order valence-corrected chi connectivity index (χ2v) is 11.7. The highest BCUT2D eigenvalue weighted by Crippen LogP contribution is 2.33. The molecule has 1 atom stereocenters. The highest BCUT2D eigenvalue weighted by atomic mass is 16.7. The Balaban J connectivity index is 1.19. The van der Waals surface area contributed by atoms with E-state index in [9.17, 15) is 20.1 Å². The molecule has 0 spiro atoms. The lowest BCUT2D eigenvalue weighted by Crippen LogP contribution is -2.45. The number of anilines is 1. The minimum Gasteiger partial charge on any atom is -0.469 e. The van der Waals surface area contributed by atoms with Gasteiger partial charge in [0.25, 0.3) is 0 Å². The Hall–Kier alpha value is -5.07. The summed E-state index contributed by atoms with van der Waals surface area (Å²) in [4.78, 5) is 41.1. The Bertz CT molecular complexity index is 1700. The zero-order valence-electron chi connectivity index (χ0n) is 27.4. The van der Waals surface area contributed by atoms with Gasteiger partial charge in [-0.2, -0.15) is 4.98 Å². The lowest BCUT2D eigenvalue weighted by Gasteiger charge is -2.36. The van der Waals surface area contributed by atoms with Crippen molar-refractivity contribution in [3.8, 4) is 29.2 Å². The summed E-state index contributed by atoms with van der Waals surface area (Å²) in [6.45, 7) is 0.728. The van der Waals surface area contributed by atoms with Crippen LogP contribution in [0.4, 0.5) is 10.6 Å². The second kappa shape index (κ2) is 15.6. The van der Waals surface area contributed by atoms with Gasteiger partial charge in [-0.05, 0) is 31.2 Å². The summed E-state index contributed by atoms with van der Waals surface area (Å²) in [5, 5.41) is 29.3. The largest absolute Gasteiger partial charge is 0.469 e. The molecule has 1 aliphatic heterocycles. The average molecular weight is 692 g/mol. The predicted octanol–water partition coefficient (Wildman–Crippen LogP) is 2.32. The normalized spacial score (nSPS) is 18.4. The first-order chi connectivity index (χ1) is 24.2. The summed E-state index contributed by atoms with van der Waals surface area (Å²) in [6, 6.07) is 9.15. The molecule has 264 valence electrons. The fourth-order valence-electron chi connectivity index (χ4n) is 5.51. The SMILES string of the molecule is COC[C@@H](OC(=O)N(c1cnc(-c2cnc(OC)nc2)cn1)[C@H]1CC[C@H](Oc2ncc(C(O)(O)O)c(OC3COC3)n2)CC1)c1ccccc1. The molecule has 17 nitrogen and oxygen atoms in total. The number of rotatable bonds is 13. The van der Waals surface area contributed by atoms with E-state index < -0.39 is 23.7 Å². The molecule has 0 radical (unpaired) electrons. The van der Waals surface area contributed by atoms with Gasteiger partial charge < -0.3 is 43.7 Å². The number of hydrogen-bond acceptors (Lipinski definition) is 16. The van der Waals surface area contributed by atoms with Crippen molar-refractivity contribution >= 4 is 11.9 Å². The number of benzene rings is 1. The Morgan fingerprint density at radius 3 is 2.20 bits per heavy atom. The molecule has 1 saturated heterocycles. The van der Waals surface area contributed by atoms with Crippen molar-refractivity contribution in [1.82, 2.24) is 29.9 Å². The van der Waals surface area contributed by atoms with Gasteiger partial charge in [0, 0.05) is 37.3 Å². The van der Waals surface area contributed by atoms with Crippen LogP contribution in [0.15, 0.2) is 61.3 Å². The summed E-state index contributed by atoms with van der Waals surface area (Å²) in [5.74, 6) is -3.14. The standard InChI is InChI=1S/C33H37N7O10/c1-45-19-27(20-6-4-3-5-7-20)50-32(41)40(28-16-34-26(15-35-28)21-12-36-30(46-2)37-13-21)22-8-10-23(11-9-22)49-31-38-14-25(33(42,43)44)29(39-31)48-24-17-47-18-24/h3-7,12-16,22-24,27,42-44H,8-11,17-19H2,1-2H3/t22-,23-,27-/m1/s1. The predicted molar refractivity (Wildman–Crippen MR) is 172 cm³/mol. The summed E-state index contributed by atoms with van der Waals surface area (Å²) < 4.78 is 33.3. The van der Waals surface area contributed by atoms with E-state index >= 15 is 0 Å². The van der Waals surface area contributed by atoms with Gasteiger partial charge in [-0.3, -0.25) is 9.88 Å². The molecule has 17 heteroatoms. The van der Waals surface area contributed by atoms with Gasteiger partial charge in [-0.25, -0.2) is 24.7 Å². The van der Waals surface area contributed by atoms with Gasteiger partial charge in [-0.1, -0.05) is 30.3 Å². The zero-order chi connectivity index (χ0) is 35.1. The van der Waals surface area contributed by atoms with E-state index in [1.807, 2.05) is 30.3 Å². The van der Waals surface area contributed by atoms with E-state index in [1.54, 1.807) is 12.4 Å². The van der Waals surface area contributed by atoms with Crippen LogP contribution in [0.5, 0.6) is 17.9 Å². The maximum Gasteiger partial charge on any atom is 0.416 e. The van der Waals surface area contributed by atoms with Crippen molar-refractivity contribution in [3.05, 3.63) is 72.4 Å². The number of carbonyl (C=O) groups is 1. The van der Waals surface area contributed by atoms with E-state index in [0.717, 1.165) is 11.8 Å². The van der Waals surface area contributed by atoms with Crippen molar-refractivity contribution < 1.29 is 48.5 Å². The van der Waals surface area contributed by atoms with Crippen LogP contribution >= 0.6 is 0 Å². The van der Waals surface area contributed by atoms with Crippen molar-refractivity contribution in [2.45, 2.75) is 56.0 Å². The summed E-state index contributed by atoms with van der Waals surface area (Å²) in [5.41, 5.74) is 1.47. The number of nitrogens with zero attached hydrogens (tertiary/aromatic N) is 7. The van der Waals surface area contributed by atoms with Crippen LogP contribution in [-0.4, -0.2) is 104 Å². The summed E-state index contributed by atoms with van der Waals surface area (Å²) >= 11 is 0. The smallest absolute Gasteiger partial charge is 0.416 e. The second-order valence-electron chi connectivity index (χ2n) is 11.7. The number of ether oxygens (including phenoxy) is 6. The molecular weight excluding hydrogens is 654 g/mol. The van der Waals surface area contributed by atoms with Gasteiger partial charge in [0.05, 0.1) is 45.0 Å². The van der Waals surface area contributed by atoms with Gasteiger partial charge in [0.2, 0.25) is 5.88 Å². The maximum absolute atomic E-state index is 14.0. The quantitative estimate of drug-likeness (QED) is 0.172. The third kappa shape index (κ3) is 8.38. The third-order valence-electron chi connectivity index (χ3n) is 8.18. The highest BCUT2D eigenvalue weighted by molar-refractivity contribution is 5.87. The van der Waals surface area contributed by atoms with Crippen LogP contribution in [0.2, 0.25) is 0 Å². The van der Waals surface area contributed by atoms with E-state index in [4.69, 9.17) is 28.4 Å². The van der Waals surface area contributed by atoms with Crippen LogP contribution < -0.4 is 19.1 Å². The summed E-state index contributed by atoms with van der Waals surface area (Å²) in [7, 11) is 3.02. The first-order valence-corrected chi connectivity index (χ1v) is 15.9. The molecule has 3 N–H and O–H groups in total. The molecule has 4 aromatic rings. The molecular formula is C33H37N7O10. The first kappa shape index (κ1) is 34.8. The fraction of sp³-hybridized carbons (Fsp3) is 0.424. The minimum atomic E-state index is -3.21. The number of hydrogen-bond donors (Lipinski definition) is 3. The summed E-state index contributed by atoms with van der Waals surface area (Å²) in [6.07, 6.45) is 7.24. The first-order valence-electron chi connectivity index (χ1n) is 15.9. The third-order valence-corrected chi connectivity index (χ3v) is 8.18. The van der Waals surface area contributed by atoms with E-state index in [-0.39, 0.29) is 42.8 Å². The lowest BCUT2D eigenvalue weighted by molar-refractivity contribution is -0.325. The van der Waals surface area contributed by atoms with Gasteiger partial charge in [0.15, 0.2) is 11.9 Å². The monoisotopic (exact) mass is 691 g/mol. The number of carbonyl (C=O) groups excluding carboxylic acids is 1. The topological polar surface area (TPSA) is 214 Å². The van der Waals surface area contributed by atoms with Gasteiger partial charge in [0.1, 0.15) is 17.8 Å². The van der Waals surface area contributed by atoms with Crippen molar-refractivity contribution in [2.24, 2.45) is 0 Å². The fourth-order valence-corrected chi connectivity index (χ4v) is 5.51. The number of aromatic nitrogens is 6. The minimum absolute atomic E-state index is 0.0674. The van der Waals surface area contributed by atoms with E-state index in [2.05, 4.69) is 29.9 Å². The van der Waals surface area contributed by atoms with Crippen molar-refractivity contribution in [2.75, 3.05) is 38.9 Å². The molecule has 1 saturated carbocycles. The van der Waals surface area contributed by atoms with Crippen molar-refractivity contribution in [3.63, 3.8) is 0 Å². The van der Waals surface area contributed by atoms with Crippen molar-refractivity contribution in [1.29, 1.82) is 0 Å². The van der Waals surface area contributed by atoms with E-state index in [1.165, 1.54) is 31.5 Å². The zero-order valence-corrected chi connectivity index (χ0v) is 27.4. The van der Waals surface area contributed by atoms with Crippen LogP contribution in [0.3, 0.4) is 0 Å². The number of methoxy groups -OCH3 is 2. The van der Waals surface area contributed by atoms with Crippen LogP contribution in [0, 0.1) is 0 Å². The van der Waals surface area contributed by atoms with Gasteiger partial charge in [-0.15, -0.1) is 0 Å². The highest BCUT2D eigenvalue weighted by Gasteiger charge is 2.36. The Morgan fingerprint density at radius 1 is 0.880 bits per heavy atom. The van der Waals surface area contributed by atoms with Crippen LogP contribution in [-0.2, 0) is 20.2 Å². The Morgan fingerprint density at radius 2 is 1.60 bits per heavy atom. The molecule has 1 aromatic carbocycles. The molecule has 2 aliphatic rings. The Labute approximate surface area is 286 Å². The van der Waals surface area contributed by atoms with Crippen LogP contribution in [0.1, 0.15) is 42.9 Å². The molecule has 3 aromatic heterocycles. The molecule has 1 amide bonds. The number of amides is 1. The maximum atomic E-state index is 14.0. The molecule has 50 heavy (non-hydrogen) atoms. The van der Waals surface area contributed by atoms with Crippen LogP contribution in [0.25, 0.3) is 11.3 Å². The molecule has 6 rings (SSSR count). The molecule has 2 fully saturated rings.